The highest BCUT2D eigenvalue weighted by Crippen LogP contribution is 2.21. The molecule has 4 heteroatoms. The van der Waals surface area contributed by atoms with Crippen LogP contribution in [0.5, 0.6) is 0 Å². The average molecular weight is 309 g/mol. The summed E-state index contributed by atoms with van der Waals surface area (Å²) in [7, 11) is 0. The van der Waals surface area contributed by atoms with Crippen molar-refractivity contribution in [2.75, 3.05) is 0 Å². The lowest BCUT2D eigenvalue weighted by Crippen LogP contribution is -2.22. The molecule has 0 aliphatic heterocycles. The first-order chi connectivity index (χ1) is 8.65. The summed E-state index contributed by atoms with van der Waals surface area (Å²) in [4.78, 5) is 11.8. The van der Waals surface area contributed by atoms with Gasteiger partial charge in [0.05, 0.1) is 0 Å². The fourth-order valence-electron chi connectivity index (χ4n) is 2.16. The van der Waals surface area contributed by atoms with Gasteiger partial charge in [-0.2, -0.15) is 5.10 Å². The van der Waals surface area contributed by atoms with Crippen molar-refractivity contribution >= 4 is 27.5 Å². The Hall–Kier alpha value is -1.16. The molecule has 3 nitrogen and oxygen atoms in total. The van der Waals surface area contributed by atoms with E-state index in [-0.39, 0.29) is 5.91 Å². The van der Waals surface area contributed by atoms with Crippen LogP contribution in [0.4, 0.5) is 0 Å². The molecule has 0 saturated heterocycles. The molecule has 0 bridgehead atoms. The largest absolute Gasteiger partial charge is 0.271 e. The summed E-state index contributed by atoms with van der Waals surface area (Å²) in [6.45, 7) is 2.23. The highest BCUT2D eigenvalue weighted by molar-refractivity contribution is 9.10. The summed E-state index contributed by atoms with van der Waals surface area (Å²) in [5.41, 5.74) is 4.38. The molecular formula is C14H17BrN2O. The second-order valence-electron chi connectivity index (χ2n) is 4.83. The summed E-state index contributed by atoms with van der Waals surface area (Å²) in [5, 5.41) is 4.24. The van der Waals surface area contributed by atoms with E-state index in [0.29, 0.717) is 11.5 Å². The Balaban J connectivity index is 1.95. The number of nitrogens with zero attached hydrogens (tertiary/aromatic N) is 1. The normalized spacial score (nSPS) is 21.9. The van der Waals surface area contributed by atoms with Crippen molar-refractivity contribution in [3.8, 4) is 0 Å². The number of carbonyl (C=O) groups is 1. The number of nitrogens with one attached hydrogen (secondary N) is 1. The fourth-order valence-corrected chi connectivity index (χ4v) is 2.42. The minimum absolute atomic E-state index is 0.145. The molecule has 0 spiro atoms. The van der Waals surface area contributed by atoms with Gasteiger partial charge in [0.15, 0.2) is 0 Å². The number of hydrazone groups is 1. The summed E-state index contributed by atoms with van der Waals surface area (Å²) >= 11 is 3.34. The Kier molecular flexibility index (Phi) is 4.53. The van der Waals surface area contributed by atoms with E-state index < -0.39 is 0 Å². The Morgan fingerprint density at radius 1 is 1.39 bits per heavy atom. The van der Waals surface area contributed by atoms with Crippen molar-refractivity contribution in [3.63, 3.8) is 0 Å². The van der Waals surface area contributed by atoms with Crippen LogP contribution in [0.1, 0.15) is 43.0 Å². The number of hydrogen-bond acceptors (Lipinski definition) is 2. The zero-order chi connectivity index (χ0) is 13.0. The molecule has 0 heterocycles. The predicted octanol–water partition coefficient (Wildman–Crippen LogP) is 3.75. The van der Waals surface area contributed by atoms with Gasteiger partial charge in [-0.3, -0.25) is 4.79 Å². The van der Waals surface area contributed by atoms with E-state index in [1.165, 1.54) is 12.8 Å². The van der Waals surface area contributed by atoms with E-state index in [1.807, 2.05) is 12.1 Å². The lowest BCUT2D eigenvalue weighted by molar-refractivity contribution is 0.0954. The number of carbonyl (C=O) groups excluding carboxylic acids is 1. The first-order valence-corrected chi connectivity index (χ1v) is 7.06. The van der Waals surface area contributed by atoms with Gasteiger partial charge in [0, 0.05) is 15.7 Å². The third-order valence-electron chi connectivity index (χ3n) is 3.17. The molecule has 1 fully saturated rings. The topological polar surface area (TPSA) is 41.5 Å². The lowest BCUT2D eigenvalue weighted by atomic mass is 9.89. The Labute approximate surface area is 116 Å². The highest BCUT2D eigenvalue weighted by Gasteiger charge is 2.14. The van der Waals surface area contributed by atoms with E-state index in [4.69, 9.17) is 0 Å². The molecule has 1 atom stereocenters. The van der Waals surface area contributed by atoms with E-state index >= 15 is 0 Å². The van der Waals surface area contributed by atoms with Gasteiger partial charge >= 0.3 is 0 Å². The molecule has 0 aromatic heterocycles. The van der Waals surface area contributed by atoms with Gasteiger partial charge in [-0.05, 0) is 55.9 Å². The van der Waals surface area contributed by atoms with Crippen molar-refractivity contribution in [1.29, 1.82) is 0 Å². The van der Waals surface area contributed by atoms with Crippen molar-refractivity contribution in [3.05, 3.63) is 34.3 Å². The van der Waals surface area contributed by atoms with Gasteiger partial charge in [0.1, 0.15) is 0 Å². The molecule has 1 aliphatic rings. The van der Waals surface area contributed by atoms with Crippen molar-refractivity contribution in [2.45, 2.75) is 32.6 Å². The highest BCUT2D eigenvalue weighted by atomic mass is 79.9. The van der Waals surface area contributed by atoms with Crippen LogP contribution in [0.3, 0.4) is 0 Å². The van der Waals surface area contributed by atoms with Gasteiger partial charge in [-0.1, -0.05) is 22.9 Å². The smallest absolute Gasteiger partial charge is 0.267 e. The molecule has 1 saturated carbocycles. The van der Waals surface area contributed by atoms with E-state index in [0.717, 1.165) is 23.0 Å². The van der Waals surface area contributed by atoms with Crippen molar-refractivity contribution in [2.24, 2.45) is 11.0 Å². The third-order valence-corrected chi connectivity index (χ3v) is 3.70. The van der Waals surface area contributed by atoms with Crippen LogP contribution >= 0.6 is 15.9 Å². The number of rotatable bonds is 2. The van der Waals surface area contributed by atoms with E-state index in [2.05, 4.69) is 33.4 Å². The molecule has 1 aliphatic carbocycles. The van der Waals surface area contributed by atoms with Gasteiger partial charge in [0.25, 0.3) is 5.91 Å². The second kappa shape index (κ2) is 6.14. The monoisotopic (exact) mass is 308 g/mol. The number of hydrogen-bond donors (Lipinski definition) is 1. The van der Waals surface area contributed by atoms with Gasteiger partial charge < -0.3 is 0 Å². The zero-order valence-electron chi connectivity index (χ0n) is 10.4. The van der Waals surface area contributed by atoms with Crippen LogP contribution in [0, 0.1) is 5.92 Å². The van der Waals surface area contributed by atoms with Crippen LogP contribution in [0.15, 0.2) is 33.8 Å². The van der Waals surface area contributed by atoms with Gasteiger partial charge in [-0.25, -0.2) is 5.43 Å². The molecule has 18 heavy (non-hydrogen) atoms. The molecule has 0 radical (unpaired) electrons. The van der Waals surface area contributed by atoms with Crippen molar-refractivity contribution in [1.82, 2.24) is 5.43 Å². The van der Waals surface area contributed by atoms with Gasteiger partial charge in [-0.15, -0.1) is 0 Å². The Bertz CT molecular complexity index is 453. The maximum Gasteiger partial charge on any atom is 0.271 e. The molecule has 1 N–H and O–H groups in total. The summed E-state index contributed by atoms with van der Waals surface area (Å²) in [6.07, 6.45) is 4.44. The number of benzene rings is 1. The maximum absolute atomic E-state index is 11.8. The number of halogens is 1. The second-order valence-corrected chi connectivity index (χ2v) is 5.74. The molecule has 96 valence electrons. The molecular weight excluding hydrogens is 292 g/mol. The zero-order valence-corrected chi connectivity index (χ0v) is 12.0. The fraction of sp³-hybridized carbons (Fsp3) is 0.429. The van der Waals surface area contributed by atoms with Crippen molar-refractivity contribution < 1.29 is 4.79 Å². The van der Waals surface area contributed by atoms with Crippen LogP contribution in [-0.4, -0.2) is 11.6 Å². The average Bonchev–Trinajstić information content (AvgIpc) is 2.37. The third kappa shape index (κ3) is 3.67. The van der Waals surface area contributed by atoms with E-state index in [9.17, 15) is 4.79 Å². The first-order valence-electron chi connectivity index (χ1n) is 6.26. The summed E-state index contributed by atoms with van der Waals surface area (Å²) in [6, 6.07) is 7.27. The quantitative estimate of drug-likeness (QED) is 0.831. The maximum atomic E-state index is 11.8. The first kappa shape index (κ1) is 13.3. The van der Waals surface area contributed by atoms with Crippen LogP contribution in [-0.2, 0) is 0 Å². The molecule has 1 amide bonds. The summed E-state index contributed by atoms with van der Waals surface area (Å²) < 4.78 is 0.964. The summed E-state index contributed by atoms with van der Waals surface area (Å²) in [5.74, 6) is 0.537. The molecule has 1 unspecified atom stereocenters. The van der Waals surface area contributed by atoms with Crippen LogP contribution < -0.4 is 5.43 Å². The van der Waals surface area contributed by atoms with Crippen LogP contribution in [0.25, 0.3) is 0 Å². The molecule has 2 rings (SSSR count). The van der Waals surface area contributed by atoms with E-state index in [1.54, 1.807) is 12.1 Å². The molecule has 1 aromatic carbocycles. The SMILES string of the molecule is CC1CCCC(=NNC(=O)c2ccc(Br)cc2)C1. The Morgan fingerprint density at radius 3 is 2.78 bits per heavy atom. The Morgan fingerprint density at radius 2 is 2.11 bits per heavy atom. The predicted molar refractivity (Wildman–Crippen MR) is 76.7 cm³/mol. The van der Waals surface area contributed by atoms with Crippen LogP contribution in [0.2, 0.25) is 0 Å². The number of amides is 1. The van der Waals surface area contributed by atoms with Gasteiger partial charge in [0.2, 0.25) is 0 Å². The molecule has 1 aromatic rings. The minimum atomic E-state index is -0.145. The minimum Gasteiger partial charge on any atom is -0.267 e. The standard InChI is InChI=1S/C14H17BrN2O/c1-10-3-2-4-13(9-10)16-17-14(18)11-5-7-12(15)8-6-11/h5-8,10H,2-4,9H2,1H3,(H,17,18). The lowest BCUT2D eigenvalue weighted by Gasteiger charge is -2.18.